The highest BCUT2D eigenvalue weighted by Crippen LogP contribution is 2.51. The van der Waals surface area contributed by atoms with E-state index >= 15 is 0 Å². The summed E-state index contributed by atoms with van der Waals surface area (Å²) in [5.74, 6) is -0.136. The fourth-order valence-corrected chi connectivity index (χ4v) is 6.98. The van der Waals surface area contributed by atoms with Gasteiger partial charge in [-0.05, 0) is 42.2 Å². The van der Waals surface area contributed by atoms with E-state index in [1.165, 1.54) is 6.20 Å². The molecule has 0 amide bonds. The van der Waals surface area contributed by atoms with Gasteiger partial charge in [0.05, 0.1) is 5.75 Å². The minimum Gasteiger partial charge on any atom is -0.490 e. The van der Waals surface area contributed by atoms with Gasteiger partial charge in [-0.1, -0.05) is 19.9 Å². The summed E-state index contributed by atoms with van der Waals surface area (Å²) >= 11 is 0. The lowest BCUT2D eigenvalue weighted by Gasteiger charge is -2.48. The number of amidine groups is 1. The van der Waals surface area contributed by atoms with E-state index in [0.29, 0.717) is 35.4 Å². The van der Waals surface area contributed by atoms with Gasteiger partial charge in [-0.2, -0.15) is 4.39 Å². The van der Waals surface area contributed by atoms with Crippen LogP contribution >= 0.6 is 12.4 Å². The molecule has 8 nitrogen and oxygen atoms in total. The van der Waals surface area contributed by atoms with Gasteiger partial charge in [-0.15, -0.1) is 12.4 Å². The van der Waals surface area contributed by atoms with Crippen molar-refractivity contribution >= 4 is 28.5 Å². The molecule has 3 atom stereocenters. The summed E-state index contributed by atoms with van der Waals surface area (Å²) < 4.78 is 53.9. The number of aromatic nitrogens is 1. The molecule has 3 aliphatic heterocycles. The number of pyridine rings is 1. The molecule has 0 bridgehead atoms. The Labute approximate surface area is 204 Å². The van der Waals surface area contributed by atoms with Crippen molar-refractivity contribution in [2.75, 3.05) is 25.4 Å². The molecular weight excluding hydrogens is 483 g/mol. The molecule has 1 fully saturated rings. The smallest absolute Gasteiger partial charge is 0.283 e. The first-order valence-corrected chi connectivity index (χ1v) is 12.7. The zero-order chi connectivity index (χ0) is 23.4. The Bertz CT molecular complexity index is 1230. The summed E-state index contributed by atoms with van der Waals surface area (Å²) in [5, 5.41) is 0. The quantitative estimate of drug-likeness (QED) is 0.634. The highest BCUT2D eigenvalue weighted by molar-refractivity contribution is 7.89. The number of halogens is 2. The Morgan fingerprint density at radius 2 is 2.12 bits per heavy atom. The average molecular weight is 511 g/mol. The molecule has 11 heteroatoms. The van der Waals surface area contributed by atoms with E-state index in [2.05, 4.69) is 4.98 Å². The minimum absolute atomic E-state index is 0. The van der Waals surface area contributed by atoms with E-state index in [-0.39, 0.29) is 55.3 Å². The summed E-state index contributed by atoms with van der Waals surface area (Å²) in [5.41, 5.74) is 6.75. The van der Waals surface area contributed by atoms with Crippen molar-refractivity contribution in [1.82, 2.24) is 9.29 Å². The topological polar surface area (TPSA) is 107 Å². The number of piperidine rings is 1. The third kappa shape index (κ3) is 4.12. The lowest BCUT2D eigenvalue weighted by atomic mass is 9.71. The van der Waals surface area contributed by atoms with Crippen molar-refractivity contribution in [3.63, 3.8) is 0 Å². The number of rotatable bonds is 4. The largest absolute Gasteiger partial charge is 0.490 e. The maximum Gasteiger partial charge on any atom is 0.283 e. The van der Waals surface area contributed by atoms with Crippen LogP contribution in [0.5, 0.6) is 5.75 Å². The predicted molar refractivity (Wildman–Crippen MR) is 129 cm³/mol. The van der Waals surface area contributed by atoms with Gasteiger partial charge < -0.3 is 15.2 Å². The SMILES string of the molecule is CC(C)CS(=O)(=O)N1CC[C@H]2Oc3ccc(-c4cccnc4F)cc3[C@@]3(COC(N)=N3)[C@@H]2C1.Cl. The molecular formula is C23H28ClFN4O4S. The number of nitrogens with two attached hydrogens (primary N) is 1. The second kappa shape index (κ2) is 8.98. The van der Waals surface area contributed by atoms with Crippen molar-refractivity contribution in [1.29, 1.82) is 0 Å². The molecule has 3 aliphatic rings. The molecule has 1 aromatic heterocycles. The molecule has 4 heterocycles. The number of sulfonamides is 1. The highest BCUT2D eigenvalue weighted by atomic mass is 35.5. The molecule has 1 spiro atoms. The lowest BCUT2D eigenvalue weighted by Crippen LogP contribution is -2.58. The highest BCUT2D eigenvalue weighted by Gasteiger charge is 2.56. The van der Waals surface area contributed by atoms with Gasteiger partial charge in [-0.25, -0.2) is 22.7 Å². The zero-order valence-electron chi connectivity index (χ0n) is 19.0. The van der Waals surface area contributed by atoms with Crippen LogP contribution in [0.2, 0.25) is 0 Å². The predicted octanol–water partition coefficient (Wildman–Crippen LogP) is 2.92. The van der Waals surface area contributed by atoms with E-state index < -0.39 is 21.5 Å². The summed E-state index contributed by atoms with van der Waals surface area (Å²) in [6.45, 7) is 4.60. The fraction of sp³-hybridized carbons (Fsp3) is 0.478. The van der Waals surface area contributed by atoms with Crippen LogP contribution in [0.25, 0.3) is 11.1 Å². The van der Waals surface area contributed by atoms with Crippen molar-refractivity contribution < 1.29 is 22.3 Å². The molecule has 2 aromatic rings. The molecule has 0 radical (unpaired) electrons. The third-order valence-corrected chi connectivity index (χ3v) is 8.81. The van der Waals surface area contributed by atoms with Crippen LogP contribution in [0.15, 0.2) is 41.5 Å². The molecule has 1 saturated heterocycles. The second-order valence-electron chi connectivity index (χ2n) is 9.30. The van der Waals surface area contributed by atoms with Crippen molar-refractivity contribution in [3.8, 4) is 16.9 Å². The average Bonchev–Trinajstić information content (AvgIpc) is 3.15. The summed E-state index contributed by atoms with van der Waals surface area (Å²) in [4.78, 5) is 8.45. The number of hydrogen-bond acceptors (Lipinski definition) is 7. The zero-order valence-corrected chi connectivity index (χ0v) is 20.6. The molecule has 2 N–H and O–H groups in total. The first kappa shape index (κ1) is 24.7. The standard InChI is InChI=1S/C23H27FN4O4S.ClH/c1-14(2)12-33(29,30)28-9-7-20-18(11-28)23(13-31-22(25)27-23)17-10-15(5-6-19(17)32-20)16-4-3-8-26-21(16)24;/h3-6,8,10,14,18,20H,7,9,11-13H2,1-2H3,(H2,25,27);1H/t18-,20-,23+;/m1./s1. The number of benzene rings is 1. The number of aliphatic imine (C=N–C) groups is 1. The van der Waals surface area contributed by atoms with Gasteiger partial charge in [0.2, 0.25) is 16.0 Å². The fourth-order valence-electron chi connectivity index (χ4n) is 5.16. The van der Waals surface area contributed by atoms with Gasteiger partial charge in [-0.3, -0.25) is 0 Å². The molecule has 0 aliphatic carbocycles. The number of hydrogen-bond donors (Lipinski definition) is 1. The Balaban J connectivity index is 0.00000274. The van der Waals surface area contributed by atoms with E-state index in [1.807, 2.05) is 19.9 Å². The minimum atomic E-state index is -3.43. The maximum absolute atomic E-state index is 14.4. The van der Waals surface area contributed by atoms with Gasteiger partial charge in [0.15, 0.2) is 0 Å². The first-order chi connectivity index (χ1) is 15.7. The summed E-state index contributed by atoms with van der Waals surface area (Å²) in [6, 6.07) is 8.82. The van der Waals surface area contributed by atoms with Crippen LogP contribution in [0, 0.1) is 17.8 Å². The Morgan fingerprint density at radius 3 is 2.79 bits per heavy atom. The van der Waals surface area contributed by atoms with Crippen LogP contribution in [0.3, 0.4) is 0 Å². The molecule has 1 aromatic carbocycles. The summed E-state index contributed by atoms with van der Waals surface area (Å²) in [6.07, 6.45) is 1.70. The number of ether oxygens (including phenoxy) is 2. The van der Waals surface area contributed by atoms with Crippen LogP contribution < -0.4 is 10.5 Å². The van der Waals surface area contributed by atoms with Gasteiger partial charge in [0.1, 0.15) is 24.0 Å². The van der Waals surface area contributed by atoms with E-state index in [1.54, 1.807) is 28.6 Å². The van der Waals surface area contributed by atoms with E-state index in [4.69, 9.17) is 20.2 Å². The molecule has 0 unspecified atom stereocenters. The van der Waals surface area contributed by atoms with Crippen LogP contribution in [-0.2, 0) is 20.3 Å². The van der Waals surface area contributed by atoms with Crippen LogP contribution in [-0.4, -0.2) is 55.3 Å². The Hall–Kier alpha value is -2.43. The Kier molecular flexibility index (Phi) is 6.52. The molecule has 5 rings (SSSR count). The lowest BCUT2D eigenvalue weighted by molar-refractivity contribution is -0.00350. The summed E-state index contributed by atoms with van der Waals surface area (Å²) in [7, 11) is -3.43. The monoisotopic (exact) mass is 510 g/mol. The van der Waals surface area contributed by atoms with Gasteiger partial charge in [0.25, 0.3) is 6.02 Å². The second-order valence-corrected chi connectivity index (χ2v) is 11.3. The van der Waals surface area contributed by atoms with E-state index in [0.717, 1.165) is 0 Å². The van der Waals surface area contributed by atoms with Crippen molar-refractivity contribution in [2.45, 2.75) is 31.9 Å². The Morgan fingerprint density at radius 1 is 1.32 bits per heavy atom. The molecule has 0 saturated carbocycles. The van der Waals surface area contributed by atoms with E-state index in [9.17, 15) is 12.8 Å². The molecule has 34 heavy (non-hydrogen) atoms. The number of nitrogens with zero attached hydrogens (tertiary/aromatic N) is 3. The first-order valence-electron chi connectivity index (χ1n) is 11.1. The van der Waals surface area contributed by atoms with Gasteiger partial charge >= 0.3 is 0 Å². The normalized spacial score (nSPS) is 26.2. The maximum atomic E-state index is 14.4. The van der Waals surface area contributed by atoms with Crippen molar-refractivity contribution in [2.24, 2.45) is 22.6 Å². The number of fused-ring (bicyclic) bond motifs is 4. The van der Waals surface area contributed by atoms with Crippen LogP contribution in [0.4, 0.5) is 4.39 Å². The van der Waals surface area contributed by atoms with Crippen molar-refractivity contribution in [3.05, 3.63) is 48.0 Å². The van der Waals surface area contributed by atoms with Crippen LogP contribution in [0.1, 0.15) is 25.8 Å². The third-order valence-electron chi connectivity index (χ3n) is 6.61. The van der Waals surface area contributed by atoms with Gasteiger partial charge in [0, 0.05) is 36.3 Å². The molecule has 184 valence electrons.